The van der Waals surface area contributed by atoms with Gasteiger partial charge in [-0.3, -0.25) is 0 Å². The summed E-state index contributed by atoms with van der Waals surface area (Å²) in [5, 5.41) is 0. The van der Waals surface area contributed by atoms with E-state index in [2.05, 4.69) is 41.5 Å². The lowest BCUT2D eigenvalue weighted by atomic mass is 9.87. The van der Waals surface area contributed by atoms with Crippen molar-refractivity contribution in [1.82, 2.24) is 0 Å². The van der Waals surface area contributed by atoms with Gasteiger partial charge in [0.2, 0.25) is 0 Å². The normalized spacial score (nSPS) is 14.8. The summed E-state index contributed by atoms with van der Waals surface area (Å²) in [5.74, 6) is -1.16. The van der Waals surface area contributed by atoms with Crippen molar-refractivity contribution in [2.45, 2.75) is 66.2 Å². The first kappa shape index (κ1) is 39.5. The van der Waals surface area contributed by atoms with Gasteiger partial charge in [0.05, 0.1) is 52.9 Å². The zero-order valence-corrected chi connectivity index (χ0v) is 31.2. The van der Waals surface area contributed by atoms with Crippen molar-refractivity contribution in [3.63, 3.8) is 0 Å². The Kier molecular flexibility index (Phi) is 14.1. The summed E-state index contributed by atoms with van der Waals surface area (Å²) in [6.45, 7) is 17.7. The third-order valence-electron chi connectivity index (χ3n) is 7.85. The number of esters is 2. The Morgan fingerprint density at radius 2 is 0.843 bits per heavy atom. The van der Waals surface area contributed by atoms with E-state index in [0.717, 1.165) is 11.1 Å². The largest absolute Gasteiger partial charge is 0.486 e. The monoisotopic (exact) mass is 708 g/mol. The molecule has 0 fully saturated rings. The van der Waals surface area contributed by atoms with Gasteiger partial charge in [-0.05, 0) is 60.1 Å². The fraction of sp³-hybridized carbons (Fsp3) is 0.500. The zero-order chi connectivity index (χ0) is 37.0. The molecule has 5 rings (SSSR count). The molecular weight excluding hydrogens is 656 g/mol. The maximum absolute atomic E-state index is 14.0. The SMILES string of the molecule is CCOC(=O)c1c2c(Oc3ccc(C(C)(C)C)cc3)c(C(=O)OCC)c(c1Oc1ccc(C(C)(C)C)cc1)OCCOCCOCCOCCO2. The standard InChI is InChI=1S/C40H52O11/c1-9-46-37(41)31-33-36(51-30-17-13-28(14-18-30)40(6,7)8)32(38(42)47-10-2)34(35(31)50-29-15-11-27(12-16-29)39(3,4)5)49-26-24-45-22-20-43-19-21-44-23-25-48-33/h11-18H,9-10,19-26H2,1-8H3. The third-order valence-corrected chi connectivity index (χ3v) is 7.85. The van der Waals surface area contributed by atoms with Crippen molar-refractivity contribution in [2.75, 3.05) is 66.1 Å². The molecule has 0 aromatic heterocycles. The molecule has 0 amide bonds. The van der Waals surface area contributed by atoms with Crippen LogP contribution in [0.4, 0.5) is 0 Å². The van der Waals surface area contributed by atoms with Gasteiger partial charge in [-0.1, -0.05) is 65.8 Å². The quantitative estimate of drug-likeness (QED) is 0.167. The van der Waals surface area contributed by atoms with E-state index < -0.39 is 11.9 Å². The van der Waals surface area contributed by atoms with Crippen molar-refractivity contribution >= 4 is 11.9 Å². The number of fused-ring (bicyclic) bond motifs is 14. The van der Waals surface area contributed by atoms with Crippen LogP contribution in [0.25, 0.3) is 0 Å². The second kappa shape index (κ2) is 18.3. The average molecular weight is 709 g/mol. The topological polar surface area (TPSA) is 117 Å². The van der Waals surface area contributed by atoms with Gasteiger partial charge in [0, 0.05) is 0 Å². The molecule has 51 heavy (non-hydrogen) atoms. The van der Waals surface area contributed by atoms with Crippen molar-refractivity contribution < 1.29 is 52.2 Å². The molecule has 11 heteroatoms. The van der Waals surface area contributed by atoms with Crippen LogP contribution in [-0.4, -0.2) is 78.0 Å². The first-order valence-electron chi connectivity index (χ1n) is 17.5. The molecule has 278 valence electrons. The number of hydrogen-bond acceptors (Lipinski definition) is 11. The van der Waals surface area contributed by atoms with Crippen LogP contribution in [0.5, 0.6) is 34.5 Å². The van der Waals surface area contributed by atoms with Crippen LogP contribution >= 0.6 is 0 Å². The van der Waals surface area contributed by atoms with Crippen LogP contribution < -0.4 is 18.9 Å². The predicted octanol–water partition coefficient (Wildman–Crippen LogP) is 8.04. The molecule has 0 spiro atoms. The Balaban J connectivity index is 2.02. The van der Waals surface area contributed by atoms with Gasteiger partial charge >= 0.3 is 11.9 Å². The lowest BCUT2D eigenvalue weighted by Crippen LogP contribution is -2.19. The molecule has 0 atom stereocenters. The maximum atomic E-state index is 14.0. The second-order valence-electron chi connectivity index (χ2n) is 13.8. The van der Waals surface area contributed by atoms with Crippen LogP contribution in [-0.2, 0) is 34.5 Å². The van der Waals surface area contributed by atoms with Crippen LogP contribution in [0.2, 0.25) is 0 Å². The molecule has 0 aliphatic carbocycles. The Labute approximate surface area is 301 Å². The first-order chi connectivity index (χ1) is 24.3. The lowest BCUT2D eigenvalue weighted by molar-refractivity contribution is 0.00513. The zero-order valence-electron chi connectivity index (χ0n) is 31.2. The van der Waals surface area contributed by atoms with Crippen LogP contribution in [0.3, 0.4) is 0 Å². The van der Waals surface area contributed by atoms with Gasteiger partial charge in [0.15, 0.2) is 34.1 Å². The number of hydrogen-bond donors (Lipinski definition) is 0. The molecule has 0 N–H and O–H groups in total. The number of rotatable bonds is 8. The number of benzene rings is 3. The molecule has 2 bridgehead atoms. The van der Waals surface area contributed by atoms with Gasteiger partial charge in [0.25, 0.3) is 0 Å². The fourth-order valence-electron chi connectivity index (χ4n) is 5.14. The minimum atomic E-state index is -0.773. The minimum absolute atomic E-state index is 0.0168. The van der Waals surface area contributed by atoms with E-state index in [4.69, 9.17) is 42.6 Å². The highest BCUT2D eigenvalue weighted by Crippen LogP contribution is 2.52. The van der Waals surface area contributed by atoms with E-state index in [1.54, 1.807) is 38.1 Å². The van der Waals surface area contributed by atoms with Crippen molar-refractivity contribution in [3.05, 3.63) is 70.8 Å². The van der Waals surface area contributed by atoms with Crippen LogP contribution in [0.1, 0.15) is 87.2 Å². The summed E-state index contributed by atoms with van der Waals surface area (Å²) in [4.78, 5) is 28.0. The summed E-state index contributed by atoms with van der Waals surface area (Å²) in [6, 6.07) is 14.9. The van der Waals surface area contributed by atoms with Gasteiger partial charge in [-0.2, -0.15) is 0 Å². The molecule has 0 saturated heterocycles. The van der Waals surface area contributed by atoms with Crippen LogP contribution in [0, 0.1) is 0 Å². The molecule has 0 saturated carbocycles. The van der Waals surface area contributed by atoms with E-state index >= 15 is 0 Å². The first-order valence-corrected chi connectivity index (χ1v) is 17.5. The second-order valence-corrected chi connectivity index (χ2v) is 13.8. The summed E-state index contributed by atoms with van der Waals surface area (Å²) < 4.78 is 53.8. The summed E-state index contributed by atoms with van der Waals surface area (Å²) in [5.41, 5.74) is 1.67. The highest BCUT2D eigenvalue weighted by Gasteiger charge is 2.38. The van der Waals surface area contributed by atoms with E-state index in [0.29, 0.717) is 37.9 Å². The molecule has 11 nitrogen and oxygen atoms in total. The lowest BCUT2D eigenvalue weighted by Gasteiger charge is -2.25. The Morgan fingerprint density at radius 1 is 0.529 bits per heavy atom. The predicted molar refractivity (Wildman–Crippen MR) is 192 cm³/mol. The van der Waals surface area contributed by atoms with Gasteiger partial charge < -0.3 is 42.6 Å². The number of carbonyl (C=O) groups excluding carboxylic acids is 2. The van der Waals surface area contributed by atoms with Crippen LogP contribution in [0.15, 0.2) is 48.5 Å². The minimum Gasteiger partial charge on any atom is -0.486 e. The Bertz CT molecular complexity index is 1460. The highest BCUT2D eigenvalue weighted by atomic mass is 16.6. The number of ether oxygens (including phenoxy) is 9. The maximum Gasteiger partial charge on any atom is 0.346 e. The molecule has 2 aliphatic heterocycles. The van der Waals surface area contributed by atoms with E-state index in [-0.39, 0.29) is 84.6 Å². The fourth-order valence-corrected chi connectivity index (χ4v) is 5.14. The summed E-state index contributed by atoms with van der Waals surface area (Å²) in [6.07, 6.45) is 0. The van der Waals surface area contributed by atoms with Gasteiger partial charge in [0.1, 0.15) is 24.7 Å². The molecule has 2 aliphatic rings. The van der Waals surface area contributed by atoms with Crippen molar-refractivity contribution in [2.24, 2.45) is 0 Å². The molecule has 0 unspecified atom stereocenters. The Hall–Kier alpha value is -4.32. The van der Waals surface area contributed by atoms with Crippen molar-refractivity contribution in [1.29, 1.82) is 0 Å². The van der Waals surface area contributed by atoms with Crippen molar-refractivity contribution in [3.8, 4) is 34.5 Å². The Morgan fingerprint density at radius 3 is 1.14 bits per heavy atom. The summed E-state index contributed by atoms with van der Waals surface area (Å²) in [7, 11) is 0. The molecule has 3 aromatic carbocycles. The van der Waals surface area contributed by atoms with E-state index in [1.807, 2.05) is 24.3 Å². The molecule has 0 radical (unpaired) electrons. The average Bonchev–Trinajstić information content (AvgIpc) is 3.08. The van der Waals surface area contributed by atoms with Gasteiger partial charge in [-0.25, -0.2) is 9.59 Å². The van der Waals surface area contributed by atoms with Gasteiger partial charge in [-0.15, -0.1) is 0 Å². The number of carbonyl (C=O) groups is 2. The highest BCUT2D eigenvalue weighted by molar-refractivity contribution is 6.05. The van der Waals surface area contributed by atoms with E-state index in [1.165, 1.54) is 0 Å². The molecule has 3 aromatic rings. The molecule has 2 heterocycles. The summed E-state index contributed by atoms with van der Waals surface area (Å²) >= 11 is 0. The smallest absolute Gasteiger partial charge is 0.346 e. The van der Waals surface area contributed by atoms with E-state index in [9.17, 15) is 9.59 Å². The molecular formula is C40H52O11. The third kappa shape index (κ3) is 10.8.